The first kappa shape index (κ1) is 11.7. The highest BCUT2D eigenvalue weighted by Gasteiger charge is 2.20. The van der Waals surface area contributed by atoms with E-state index >= 15 is 0 Å². The Hall–Kier alpha value is -2.06. The van der Waals surface area contributed by atoms with Crippen LogP contribution in [0.1, 0.15) is 18.6 Å². The summed E-state index contributed by atoms with van der Waals surface area (Å²) in [5.41, 5.74) is 3.45. The van der Waals surface area contributed by atoms with Gasteiger partial charge in [0, 0.05) is 11.4 Å². The topological polar surface area (TPSA) is 25.2 Å². The lowest BCUT2D eigenvalue weighted by atomic mass is 10.0. The largest absolute Gasteiger partial charge is 0.460 e. The molecule has 1 saturated carbocycles. The normalized spacial score (nSPS) is 14.8. The van der Waals surface area contributed by atoms with Crippen LogP contribution in [0.25, 0.3) is 22.1 Å². The highest BCUT2D eigenvalue weighted by molar-refractivity contribution is 5.84. The molecule has 0 aliphatic heterocycles. The Kier molecular flexibility index (Phi) is 2.82. The van der Waals surface area contributed by atoms with Gasteiger partial charge in [-0.05, 0) is 42.2 Å². The summed E-state index contributed by atoms with van der Waals surface area (Å²) in [6, 6.07) is 19.7. The van der Waals surface area contributed by atoms with Crippen LogP contribution in [0.5, 0.6) is 0 Å². The van der Waals surface area contributed by atoms with E-state index in [1.165, 1.54) is 29.4 Å². The molecule has 4 rings (SSSR count). The van der Waals surface area contributed by atoms with Gasteiger partial charge in [-0.15, -0.1) is 0 Å². The van der Waals surface area contributed by atoms with Gasteiger partial charge in [-0.3, -0.25) is 0 Å². The van der Waals surface area contributed by atoms with Gasteiger partial charge in [-0.1, -0.05) is 36.4 Å². The number of furan rings is 1. The summed E-state index contributed by atoms with van der Waals surface area (Å²) < 4.78 is 5.87. The zero-order valence-electron chi connectivity index (χ0n) is 11.3. The molecule has 0 amide bonds. The molecule has 2 nitrogen and oxygen atoms in total. The molecule has 0 bridgehead atoms. The molecule has 1 fully saturated rings. The quantitative estimate of drug-likeness (QED) is 0.757. The lowest BCUT2D eigenvalue weighted by molar-refractivity contribution is 0.512. The van der Waals surface area contributed by atoms with Crippen LogP contribution >= 0.6 is 0 Å². The van der Waals surface area contributed by atoms with Gasteiger partial charge in [0.1, 0.15) is 11.3 Å². The summed E-state index contributed by atoms with van der Waals surface area (Å²) in [6.07, 6.45) is 2.61. The van der Waals surface area contributed by atoms with Crippen molar-refractivity contribution >= 4 is 11.0 Å². The average Bonchev–Trinajstić information content (AvgIpc) is 3.24. The van der Waals surface area contributed by atoms with Crippen LogP contribution in [0.3, 0.4) is 0 Å². The number of fused-ring (bicyclic) bond motifs is 1. The van der Waals surface area contributed by atoms with E-state index in [9.17, 15) is 0 Å². The van der Waals surface area contributed by atoms with E-state index in [2.05, 4.69) is 53.8 Å². The van der Waals surface area contributed by atoms with Gasteiger partial charge in [0.15, 0.2) is 0 Å². The van der Waals surface area contributed by atoms with Crippen molar-refractivity contribution in [2.75, 3.05) is 0 Å². The smallest absolute Gasteiger partial charge is 0.134 e. The molecule has 0 spiro atoms. The third-order valence-electron chi connectivity index (χ3n) is 3.82. The second-order valence-electron chi connectivity index (χ2n) is 5.49. The van der Waals surface area contributed by atoms with Crippen molar-refractivity contribution in [1.82, 2.24) is 5.32 Å². The van der Waals surface area contributed by atoms with Gasteiger partial charge in [0.2, 0.25) is 0 Å². The van der Waals surface area contributed by atoms with Crippen LogP contribution in [-0.2, 0) is 6.54 Å². The van der Waals surface area contributed by atoms with Gasteiger partial charge in [-0.25, -0.2) is 0 Å². The maximum absolute atomic E-state index is 5.87. The van der Waals surface area contributed by atoms with E-state index in [0.29, 0.717) is 6.04 Å². The molecule has 1 N–H and O–H groups in total. The standard InChI is InChI=1S/C18H17NO/c1-2-4-13(5-3-1)14-6-9-18-15(10-14)11-17(20-18)12-19-16-7-8-16/h1-6,9-11,16,19H,7-8,12H2. The summed E-state index contributed by atoms with van der Waals surface area (Å²) in [6.45, 7) is 0.833. The van der Waals surface area contributed by atoms with Crippen LogP contribution in [0.15, 0.2) is 59.0 Å². The number of nitrogens with one attached hydrogen (secondary N) is 1. The summed E-state index contributed by atoms with van der Waals surface area (Å²) in [5, 5.41) is 4.67. The van der Waals surface area contributed by atoms with Crippen molar-refractivity contribution in [2.45, 2.75) is 25.4 Å². The Bertz CT molecular complexity index is 726. The SMILES string of the molecule is c1ccc(-c2ccc3oc(CNC4CC4)cc3c2)cc1. The van der Waals surface area contributed by atoms with Crippen molar-refractivity contribution < 1.29 is 4.42 Å². The van der Waals surface area contributed by atoms with E-state index in [1.807, 2.05) is 6.07 Å². The fourth-order valence-corrected chi connectivity index (χ4v) is 2.53. The second-order valence-corrected chi connectivity index (χ2v) is 5.49. The molecule has 0 radical (unpaired) electrons. The summed E-state index contributed by atoms with van der Waals surface area (Å²) >= 11 is 0. The molecule has 2 heteroatoms. The molecule has 0 unspecified atom stereocenters. The van der Waals surface area contributed by atoms with Crippen LogP contribution < -0.4 is 5.32 Å². The zero-order chi connectivity index (χ0) is 13.4. The molecule has 1 aliphatic rings. The Morgan fingerprint density at radius 1 is 0.950 bits per heavy atom. The first-order valence-corrected chi connectivity index (χ1v) is 7.20. The fourth-order valence-electron chi connectivity index (χ4n) is 2.53. The van der Waals surface area contributed by atoms with Gasteiger partial charge in [0.25, 0.3) is 0 Å². The monoisotopic (exact) mass is 263 g/mol. The van der Waals surface area contributed by atoms with E-state index in [0.717, 1.165) is 17.9 Å². The molecular weight excluding hydrogens is 246 g/mol. The molecule has 1 aliphatic carbocycles. The summed E-state index contributed by atoms with van der Waals surface area (Å²) in [5.74, 6) is 1.03. The lowest BCUT2D eigenvalue weighted by Gasteiger charge is -2.00. The van der Waals surface area contributed by atoms with Crippen molar-refractivity contribution in [3.05, 3.63) is 60.4 Å². The van der Waals surface area contributed by atoms with E-state index < -0.39 is 0 Å². The molecule has 20 heavy (non-hydrogen) atoms. The first-order valence-electron chi connectivity index (χ1n) is 7.20. The van der Waals surface area contributed by atoms with Crippen molar-refractivity contribution in [3.8, 4) is 11.1 Å². The minimum Gasteiger partial charge on any atom is -0.460 e. The minimum absolute atomic E-state index is 0.711. The van der Waals surface area contributed by atoms with Crippen LogP contribution in [-0.4, -0.2) is 6.04 Å². The molecule has 1 heterocycles. The lowest BCUT2D eigenvalue weighted by Crippen LogP contribution is -2.14. The predicted octanol–water partition coefficient (Wildman–Crippen LogP) is 4.35. The number of benzene rings is 2. The zero-order valence-corrected chi connectivity index (χ0v) is 11.3. The third kappa shape index (κ3) is 2.35. The van der Waals surface area contributed by atoms with Gasteiger partial charge in [-0.2, -0.15) is 0 Å². The Morgan fingerprint density at radius 2 is 1.80 bits per heavy atom. The number of hydrogen-bond donors (Lipinski definition) is 1. The van der Waals surface area contributed by atoms with E-state index in [1.54, 1.807) is 0 Å². The number of hydrogen-bond acceptors (Lipinski definition) is 2. The summed E-state index contributed by atoms with van der Waals surface area (Å²) in [7, 11) is 0. The van der Waals surface area contributed by atoms with Crippen molar-refractivity contribution in [1.29, 1.82) is 0 Å². The molecule has 2 aromatic carbocycles. The van der Waals surface area contributed by atoms with Crippen LogP contribution in [0.2, 0.25) is 0 Å². The van der Waals surface area contributed by atoms with Gasteiger partial charge in [0.05, 0.1) is 6.54 Å². The highest BCUT2D eigenvalue weighted by atomic mass is 16.3. The Balaban J connectivity index is 1.64. The Labute approximate surface area is 118 Å². The molecular formula is C18H17NO. The van der Waals surface area contributed by atoms with E-state index in [4.69, 9.17) is 4.42 Å². The first-order chi connectivity index (χ1) is 9.88. The summed E-state index contributed by atoms with van der Waals surface area (Å²) in [4.78, 5) is 0. The predicted molar refractivity (Wildman–Crippen MR) is 81.5 cm³/mol. The fraction of sp³-hybridized carbons (Fsp3) is 0.222. The average molecular weight is 263 g/mol. The molecule has 100 valence electrons. The highest BCUT2D eigenvalue weighted by Crippen LogP contribution is 2.27. The van der Waals surface area contributed by atoms with E-state index in [-0.39, 0.29) is 0 Å². The second kappa shape index (κ2) is 4.80. The third-order valence-corrected chi connectivity index (χ3v) is 3.82. The molecule has 1 aromatic heterocycles. The van der Waals surface area contributed by atoms with Crippen molar-refractivity contribution in [3.63, 3.8) is 0 Å². The maximum Gasteiger partial charge on any atom is 0.134 e. The molecule has 0 saturated heterocycles. The maximum atomic E-state index is 5.87. The van der Waals surface area contributed by atoms with Crippen LogP contribution in [0, 0.1) is 0 Å². The molecule has 0 atom stereocenters. The Morgan fingerprint density at radius 3 is 2.60 bits per heavy atom. The molecule has 3 aromatic rings. The van der Waals surface area contributed by atoms with Gasteiger partial charge >= 0.3 is 0 Å². The minimum atomic E-state index is 0.711. The van der Waals surface area contributed by atoms with Crippen molar-refractivity contribution in [2.24, 2.45) is 0 Å². The number of rotatable bonds is 4. The van der Waals surface area contributed by atoms with Crippen LogP contribution in [0.4, 0.5) is 0 Å². The van der Waals surface area contributed by atoms with Gasteiger partial charge < -0.3 is 9.73 Å².